The Morgan fingerprint density at radius 1 is 1.83 bits per heavy atom. The van der Waals surface area contributed by atoms with Crippen LogP contribution in [-0.2, 0) is 18.9 Å². The van der Waals surface area contributed by atoms with Crippen molar-refractivity contribution in [1.29, 1.82) is 0 Å². The van der Waals surface area contributed by atoms with E-state index < -0.39 is 0 Å². The van der Waals surface area contributed by atoms with Gasteiger partial charge >= 0.3 is 47.6 Å². The van der Waals surface area contributed by atoms with Crippen LogP contribution in [0.3, 0.4) is 0 Å². The molecule has 0 radical (unpaired) electrons. The van der Waals surface area contributed by atoms with Gasteiger partial charge in [0, 0.05) is 0 Å². The second kappa shape index (κ2) is 1.72. The maximum absolute atomic E-state index is 2.16. The summed E-state index contributed by atoms with van der Waals surface area (Å²) in [6, 6.07) is 0. The molecule has 0 amide bonds. The van der Waals surface area contributed by atoms with Gasteiger partial charge in [-0.3, -0.25) is 0 Å². The van der Waals surface area contributed by atoms with Crippen LogP contribution in [0, 0.1) is 0 Å². The number of hydrogen-bond acceptors (Lipinski definition) is 0. The fourth-order valence-corrected chi connectivity index (χ4v) is 0.924. The van der Waals surface area contributed by atoms with E-state index in [9.17, 15) is 0 Å². The Morgan fingerprint density at radius 3 is 2.83 bits per heavy atom. The molecule has 1 heteroatoms. The van der Waals surface area contributed by atoms with Gasteiger partial charge in [-0.1, -0.05) is 0 Å². The molecular weight excluding hydrogens is 252 g/mol. The Morgan fingerprint density at radius 2 is 2.67 bits per heavy atom. The Balaban J connectivity index is 0. The topological polar surface area (TPSA) is 0 Å². The van der Waals surface area contributed by atoms with Gasteiger partial charge in [0.15, 0.2) is 0 Å². The molecule has 0 saturated carbocycles. The summed E-state index contributed by atoms with van der Waals surface area (Å²) in [5.41, 5.74) is 0. The van der Waals surface area contributed by atoms with E-state index in [4.69, 9.17) is 0 Å². The van der Waals surface area contributed by atoms with Gasteiger partial charge in [-0.2, -0.15) is 0 Å². The minimum absolute atomic E-state index is 0. The van der Waals surface area contributed by atoms with Gasteiger partial charge in [-0.05, 0) is 0 Å². The zero-order chi connectivity index (χ0) is 4.41. The standard InChI is InChI=1S/C5H5.Ir.2H/c1-2-4-5-3-1;;;/h1-3H,4H2;;;/q;;2*-1. The van der Waals surface area contributed by atoms with Gasteiger partial charge in [0.05, 0.1) is 0 Å². The summed E-state index contributed by atoms with van der Waals surface area (Å²) >= 11 is 2.14. The molecule has 0 aliphatic heterocycles. The zero-order valence-corrected chi connectivity index (χ0v) is 5.67. The maximum atomic E-state index is 2.16. The average Bonchev–Trinajstić information content (AvgIpc) is 1.86. The van der Waals surface area contributed by atoms with Crippen LogP contribution in [0.2, 0.25) is 0 Å². The molecule has 0 bridgehead atoms. The Bertz CT molecular complexity index is 107. The van der Waals surface area contributed by atoms with E-state index in [0.29, 0.717) is 0 Å². The van der Waals surface area contributed by atoms with E-state index in [1.54, 1.807) is 0 Å². The summed E-state index contributed by atoms with van der Waals surface area (Å²) < 4.78 is 1.47. The monoisotopic (exact) mass is 260 g/mol. The van der Waals surface area contributed by atoms with Gasteiger partial charge in [-0.15, -0.1) is 0 Å². The molecule has 0 aromatic heterocycles. The van der Waals surface area contributed by atoms with Gasteiger partial charge in [-0.25, -0.2) is 0 Å². The molecule has 0 nitrogen and oxygen atoms in total. The van der Waals surface area contributed by atoms with Gasteiger partial charge in [0.25, 0.3) is 0 Å². The van der Waals surface area contributed by atoms with Gasteiger partial charge in [0.2, 0.25) is 0 Å². The zero-order valence-electron chi connectivity index (χ0n) is 5.27. The van der Waals surface area contributed by atoms with Crippen LogP contribution in [0.4, 0.5) is 0 Å². The van der Waals surface area contributed by atoms with Crippen molar-refractivity contribution in [2.45, 2.75) is 6.42 Å². The Labute approximate surface area is 51.1 Å². The van der Waals surface area contributed by atoms with E-state index >= 15 is 0 Å². The first-order valence-corrected chi connectivity index (χ1v) is 3.08. The number of allylic oxidation sites excluding steroid dienone is 4. The molecule has 1 aliphatic carbocycles. The fourth-order valence-electron chi connectivity index (χ4n) is 0.412. The van der Waals surface area contributed by atoms with Crippen molar-refractivity contribution >= 4 is 0 Å². The van der Waals surface area contributed by atoms with Crippen LogP contribution < -0.4 is 0 Å². The summed E-state index contributed by atoms with van der Waals surface area (Å²) in [5, 5.41) is 0. The molecule has 0 unspecified atom stereocenters. The molecule has 0 fully saturated rings. The van der Waals surface area contributed by atoms with Crippen LogP contribution in [0.15, 0.2) is 22.3 Å². The second-order valence-corrected chi connectivity index (χ2v) is 2.76. The second-order valence-electron chi connectivity index (χ2n) is 1.22. The van der Waals surface area contributed by atoms with Crippen molar-refractivity contribution in [1.82, 2.24) is 0 Å². The molecule has 0 N–H and O–H groups in total. The molecule has 6 heavy (non-hydrogen) atoms. The third-order valence-corrected chi connectivity index (χ3v) is 1.60. The number of rotatable bonds is 0. The minimum atomic E-state index is 0. The van der Waals surface area contributed by atoms with Crippen LogP contribution in [0.25, 0.3) is 0 Å². The average molecular weight is 259 g/mol. The predicted molar refractivity (Wildman–Crippen MR) is 24.1 cm³/mol. The molecule has 0 spiro atoms. The molecular formula is C5H7Ir-2. The van der Waals surface area contributed by atoms with Crippen LogP contribution in [0.5, 0.6) is 0 Å². The van der Waals surface area contributed by atoms with Crippen molar-refractivity contribution in [3.63, 3.8) is 0 Å². The summed E-state index contributed by atoms with van der Waals surface area (Å²) in [4.78, 5) is 0. The fraction of sp³-hybridized carbons (Fsp3) is 0.200. The summed E-state index contributed by atoms with van der Waals surface area (Å²) in [7, 11) is 0. The van der Waals surface area contributed by atoms with Crippen molar-refractivity contribution in [3.8, 4) is 0 Å². The predicted octanol–water partition coefficient (Wildman–Crippen LogP) is 1.60. The summed E-state index contributed by atoms with van der Waals surface area (Å²) in [6.45, 7) is 0. The molecule has 0 atom stereocenters. The Kier molecular flexibility index (Phi) is 1.23. The van der Waals surface area contributed by atoms with Crippen molar-refractivity contribution in [2.24, 2.45) is 0 Å². The van der Waals surface area contributed by atoms with E-state index in [1.807, 2.05) is 0 Å². The van der Waals surface area contributed by atoms with Crippen molar-refractivity contribution in [2.75, 3.05) is 0 Å². The quantitative estimate of drug-likeness (QED) is 0.620. The third kappa shape index (κ3) is 0.796. The van der Waals surface area contributed by atoms with E-state index in [1.165, 1.54) is 10.5 Å². The van der Waals surface area contributed by atoms with E-state index in [0.717, 1.165) is 0 Å². The van der Waals surface area contributed by atoms with Gasteiger partial charge < -0.3 is 2.85 Å². The third-order valence-electron chi connectivity index (χ3n) is 0.709. The molecule has 1 rings (SSSR count). The molecule has 1 aliphatic rings. The molecule has 0 aromatic rings. The number of hydrogen-bond donors (Lipinski definition) is 0. The molecule has 38 valence electrons. The van der Waals surface area contributed by atoms with Crippen LogP contribution in [-0.4, -0.2) is 0 Å². The Hall–Kier alpha value is 0.129. The summed E-state index contributed by atoms with van der Waals surface area (Å²) in [5.74, 6) is 0. The first kappa shape index (κ1) is 4.29. The first-order valence-electron chi connectivity index (χ1n) is 1.88. The van der Waals surface area contributed by atoms with E-state index in [-0.39, 0.29) is 2.85 Å². The SMILES string of the molecule is [H-].[H-].[Ir][C]1=CC=CC1. The molecule has 0 saturated heterocycles. The normalized spacial score (nSPS) is 18.7. The van der Waals surface area contributed by atoms with Crippen LogP contribution >= 0.6 is 0 Å². The van der Waals surface area contributed by atoms with Crippen molar-refractivity contribution < 1.29 is 21.8 Å². The van der Waals surface area contributed by atoms with Gasteiger partial charge in [0.1, 0.15) is 0 Å². The summed E-state index contributed by atoms with van der Waals surface area (Å²) in [6.07, 6.45) is 7.56. The molecule has 0 heterocycles. The van der Waals surface area contributed by atoms with Crippen LogP contribution in [0.1, 0.15) is 9.27 Å². The van der Waals surface area contributed by atoms with E-state index in [2.05, 4.69) is 37.1 Å². The van der Waals surface area contributed by atoms with Crippen molar-refractivity contribution in [3.05, 3.63) is 22.3 Å². The molecule has 0 aromatic carbocycles. The first-order chi connectivity index (χ1) is 2.89.